The van der Waals surface area contributed by atoms with Crippen molar-refractivity contribution in [2.24, 2.45) is 0 Å². The molecule has 0 aliphatic carbocycles. The van der Waals surface area contributed by atoms with Gasteiger partial charge in [0, 0.05) is 25.1 Å². The number of anilines is 2. The second-order valence-electron chi connectivity index (χ2n) is 8.10. The van der Waals surface area contributed by atoms with Crippen molar-refractivity contribution in [3.05, 3.63) is 23.4 Å². The third-order valence-corrected chi connectivity index (χ3v) is 5.55. The number of hydrogen-bond acceptors (Lipinski definition) is 7. The molecule has 1 unspecified atom stereocenters. The summed E-state index contributed by atoms with van der Waals surface area (Å²) in [6, 6.07) is 3.52. The predicted octanol–water partition coefficient (Wildman–Crippen LogP) is 2.46. The zero-order valence-corrected chi connectivity index (χ0v) is 17.0. The van der Waals surface area contributed by atoms with E-state index in [9.17, 15) is 23.1 Å². The topological polar surface area (TPSA) is 116 Å². The maximum Gasteiger partial charge on any atom is 0.422 e. The van der Waals surface area contributed by atoms with Crippen LogP contribution in [0.5, 0.6) is 5.88 Å². The maximum atomic E-state index is 13.7. The fourth-order valence-electron chi connectivity index (χ4n) is 4.07. The summed E-state index contributed by atoms with van der Waals surface area (Å²) in [4.78, 5) is 13.7. The number of fused-ring (bicyclic) bond motifs is 1. The molecule has 12 heteroatoms. The Morgan fingerprint density at radius 3 is 2.55 bits per heavy atom. The number of halogens is 3. The molecule has 0 radical (unpaired) electrons. The van der Waals surface area contributed by atoms with Crippen LogP contribution in [0.3, 0.4) is 0 Å². The molecule has 2 aliphatic rings. The summed E-state index contributed by atoms with van der Waals surface area (Å²) in [6.07, 6.45) is -5.10. The van der Waals surface area contributed by atoms with Gasteiger partial charge in [0.1, 0.15) is 5.82 Å². The lowest BCUT2D eigenvalue weighted by atomic mass is 9.81. The van der Waals surface area contributed by atoms with Gasteiger partial charge in [-0.1, -0.05) is 0 Å². The van der Waals surface area contributed by atoms with Crippen LogP contribution in [0.2, 0.25) is 0 Å². The lowest BCUT2D eigenvalue weighted by Crippen LogP contribution is -2.49. The van der Waals surface area contributed by atoms with E-state index in [0.29, 0.717) is 37.6 Å². The molecule has 1 atom stereocenters. The largest absolute Gasteiger partial charge is 0.474 e. The van der Waals surface area contributed by atoms with Crippen LogP contribution in [-0.4, -0.2) is 56.8 Å². The van der Waals surface area contributed by atoms with Crippen LogP contribution < -0.4 is 15.0 Å². The summed E-state index contributed by atoms with van der Waals surface area (Å²) < 4.78 is 46.6. The molecule has 2 aliphatic heterocycles. The van der Waals surface area contributed by atoms with Gasteiger partial charge in [0.15, 0.2) is 11.4 Å². The van der Waals surface area contributed by atoms with Gasteiger partial charge in [-0.05, 0) is 32.8 Å². The van der Waals surface area contributed by atoms with Crippen LogP contribution in [0.15, 0.2) is 12.1 Å². The minimum absolute atomic E-state index is 0.0178. The minimum Gasteiger partial charge on any atom is -0.474 e. The molecule has 4 heterocycles. The van der Waals surface area contributed by atoms with Gasteiger partial charge in [-0.3, -0.25) is 9.89 Å². The lowest BCUT2D eigenvalue weighted by molar-refractivity contribution is -0.267. The first-order valence-corrected chi connectivity index (χ1v) is 10.0. The summed E-state index contributed by atoms with van der Waals surface area (Å²) in [5.74, 6) is -0.347. The van der Waals surface area contributed by atoms with Gasteiger partial charge < -0.3 is 20.1 Å². The number of aromatic amines is 1. The second kappa shape index (κ2) is 7.66. The number of rotatable bonds is 4. The standard InChI is InChI=1S/C19H23F3N6O3/c1-10(2)31-14-4-3-12(24-25-14)28-7-5-11(6-8-28)16-15-17(27-26-16)23-13(29)9-18(15,30)19(20,21)22/h3-4,10-11,30H,5-9H2,1-2H3,(H2,23,26,27,29). The fraction of sp³-hybridized carbons (Fsp3) is 0.579. The number of ether oxygens (including phenoxy) is 1. The van der Waals surface area contributed by atoms with Crippen molar-refractivity contribution in [3.8, 4) is 5.88 Å². The van der Waals surface area contributed by atoms with Crippen LogP contribution in [0.4, 0.5) is 24.8 Å². The van der Waals surface area contributed by atoms with Crippen molar-refractivity contribution in [2.75, 3.05) is 23.3 Å². The van der Waals surface area contributed by atoms with Gasteiger partial charge in [-0.2, -0.15) is 18.3 Å². The third-order valence-electron chi connectivity index (χ3n) is 5.55. The highest BCUT2D eigenvalue weighted by atomic mass is 19.4. The smallest absolute Gasteiger partial charge is 0.422 e. The Morgan fingerprint density at radius 2 is 1.97 bits per heavy atom. The van der Waals surface area contributed by atoms with E-state index >= 15 is 0 Å². The SMILES string of the molecule is CC(C)Oc1ccc(N2CCC(c3n[nH]c4c3C(O)(C(F)(F)F)CC(=O)N4)CC2)nn1. The van der Waals surface area contributed by atoms with E-state index in [1.54, 1.807) is 12.1 Å². The number of piperidine rings is 1. The van der Waals surface area contributed by atoms with Crippen molar-refractivity contribution in [1.82, 2.24) is 20.4 Å². The summed E-state index contributed by atoms with van der Waals surface area (Å²) in [5, 5.41) is 27.5. The lowest BCUT2D eigenvalue weighted by Gasteiger charge is -2.36. The van der Waals surface area contributed by atoms with E-state index in [4.69, 9.17) is 4.74 Å². The summed E-state index contributed by atoms with van der Waals surface area (Å²) in [6.45, 7) is 4.84. The van der Waals surface area contributed by atoms with E-state index in [2.05, 4.69) is 25.7 Å². The first kappa shape index (κ1) is 21.3. The maximum absolute atomic E-state index is 13.7. The molecule has 1 saturated heterocycles. The van der Waals surface area contributed by atoms with E-state index in [-0.39, 0.29) is 29.1 Å². The van der Waals surface area contributed by atoms with Gasteiger partial charge in [0.05, 0.1) is 23.8 Å². The number of aromatic nitrogens is 4. The van der Waals surface area contributed by atoms with Crippen molar-refractivity contribution < 1.29 is 27.8 Å². The molecule has 9 nitrogen and oxygen atoms in total. The highest BCUT2D eigenvalue weighted by Gasteiger charge is 2.61. The number of alkyl halides is 3. The Labute approximate surface area is 176 Å². The average molecular weight is 440 g/mol. The fourth-order valence-corrected chi connectivity index (χ4v) is 4.07. The van der Waals surface area contributed by atoms with Crippen molar-refractivity contribution in [3.63, 3.8) is 0 Å². The molecule has 1 fully saturated rings. The van der Waals surface area contributed by atoms with Gasteiger partial charge in [0.25, 0.3) is 0 Å². The Balaban J connectivity index is 1.51. The van der Waals surface area contributed by atoms with Crippen LogP contribution in [-0.2, 0) is 10.4 Å². The van der Waals surface area contributed by atoms with Crippen LogP contribution in [0, 0.1) is 0 Å². The van der Waals surface area contributed by atoms with Crippen LogP contribution in [0.25, 0.3) is 0 Å². The van der Waals surface area contributed by atoms with Gasteiger partial charge in [-0.15, -0.1) is 10.2 Å². The Hall–Kier alpha value is -2.89. The van der Waals surface area contributed by atoms with Crippen LogP contribution in [0.1, 0.15) is 50.3 Å². The highest BCUT2D eigenvalue weighted by molar-refractivity contribution is 5.94. The predicted molar refractivity (Wildman–Crippen MR) is 104 cm³/mol. The zero-order valence-electron chi connectivity index (χ0n) is 17.0. The van der Waals surface area contributed by atoms with E-state index in [1.165, 1.54) is 0 Å². The number of nitrogens with one attached hydrogen (secondary N) is 2. The molecule has 4 rings (SSSR count). The number of nitrogens with zero attached hydrogens (tertiary/aromatic N) is 4. The van der Waals surface area contributed by atoms with E-state index in [1.807, 2.05) is 18.7 Å². The van der Waals surface area contributed by atoms with Crippen molar-refractivity contribution >= 4 is 17.5 Å². The number of carbonyl (C=O) groups is 1. The molecule has 31 heavy (non-hydrogen) atoms. The monoisotopic (exact) mass is 440 g/mol. The van der Waals surface area contributed by atoms with Gasteiger partial charge >= 0.3 is 6.18 Å². The molecule has 168 valence electrons. The summed E-state index contributed by atoms with van der Waals surface area (Å²) >= 11 is 0. The molecule has 0 aromatic carbocycles. The summed E-state index contributed by atoms with van der Waals surface area (Å²) in [7, 11) is 0. The summed E-state index contributed by atoms with van der Waals surface area (Å²) in [5.41, 5.74) is -3.50. The number of H-pyrrole nitrogens is 1. The normalized spacial score (nSPS) is 22.4. The third kappa shape index (κ3) is 3.91. The molecular weight excluding hydrogens is 417 g/mol. The number of carbonyl (C=O) groups excluding carboxylic acids is 1. The van der Waals surface area contributed by atoms with Crippen LogP contribution >= 0.6 is 0 Å². The average Bonchev–Trinajstić information content (AvgIpc) is 3.12. The van der Waals surface area contributed by atoms with Crippen molar-refractivity contribution in [1.29, 1.82) is 0 Å². The molecule has 1 amide bonds. The first-order chi connectivity index (χ1) is 14.6. The molecule has 2 aromatic heterocycles. The Morgan fingerprint density at radius 1 is 1.26 bits per heavy atom. The molecule has 2 aromatic rings. The first-order valence-electron chi connectivity index (χ1n) is 10.0. The van der Waals surface area contributed by atoms with E-state index in [0.717, 1.165) is 0 Å². The molecule has 0 bridgehead atoms. The molecule has 0 spiro atoms. The molecule has 3 N–H and O–H groups in total. The molecular formula is C19H23F3N6O3. The van der Waals surface area contributed by atoms with Gasteiger partial charge in [0.2, 0.25) is 11.8 Å². The Bertz CT molecular complexity index is 954. The highest BCUT2D eigenvalue weighted by Crippen LogP contribution is 2.49. The minimum atomic E-state index is -5.01. The molecule has 0 saturated carbocycles. The number of amides is 1. The van der Waals surface area contributed by atoms with Crippen molar-refractivity contribution in [2.45, 2.75) is 56.9 Å². The Kier molecular flexibility index (Phi) is 5.28. The second-order valence-corrected chi connectivity index (χ2v) is 8.10. The van der Waals surface area contributed by atoms with Gasteiger partial charge in [-0.25, -0.2) is 0 Å². The van der Waals surface area contributed by atoms with E-state index < -0.39 is 24.1 Å². The zero-order chi connectivity index (χ0) is 22.4. The number of hydrogen-bond donors (Lipinski definition) is 3. The quantitative estimate of drug-likeness (QED) is 0.669. The number of aliphatic hydroxyl groups is 1.